The Morgan fingerprint density at radius 3 is 2.76 bits per heavy atom. The van der Waals surface area contributed by atoms with Crippen LogP contribution in [0.3, 0.4) is 0 Å². The summed E-state index contributed by atoms with van der Waals surface area (Å²) in [5.41, 5.74) is 1.18. The van der Waals surface area contributed by atoms with Crippen LogP contribution >= 0.6 is 12.2 Å². The molecule has 0 aliphatic carbocycles. The van der Waals surface area contributed by atoms with Gasteiger partial charge < -0.3 is 14.8 Å². The number of nitro groups is 1. The first-order chi connectivity index (χ1) is 13.8. The average molecular weight is 413 g/mol. The molecule has 0 spiro atoms. The molecule has 2 atom stereocenters. The Hall–Kier alpha value is -3.20. The number of fused-ring (bicyclic) bond motifs is 4. The maximum atomic E-state index is 11.9. The number of rotatable bonds is 4. The molecule has 150 valence electrons. The van der Waals surface area contributed by atoms with Crippen molar-refractivity contribution in [1.82, 2.24) is 5.32 Å². The second-order valence-electron chi connectivity index (χ2n) is 7.07. The number of thiocarbonyl (C=S) groups is 1. The van der Waals surface area contributed by atoms with Gasteiger partial charge in [-0.3, -0.25) is 15.0 Å². The molecule has 2 aromatic carbocycles. The molecule has 2 heterocycles. The van der Waals surface area contributed by atoms with E-state index in [1.165, 1.54) is 12.1 Å². The topological polar surface area (TPSA) is 93.9 Å². The molecule has 1 fully saturated rings. The van der Waals surface area contributed by atoms with Crippen LogP contribution in [0.5, 0.6) is 5.75 Å². The number of carbonyl (C=O) groups excluding carboxylic acids is 1. The summed E-state index contributed by atoms with van der Waals surface area (Å²) in [5.74, 6) is 0.201. The number of hydrogen-bond acceptors (Lipinski definition) is 6. The van der Waals surface area contributed by atoms with Gasteiger partial charge in [0.15, 0.2) is 10.8 Å². The van der Waals surface area contributed by atoms with Crippen molar-refractivity contribution in [2.45, 2.75) is 32.0 Å². The van der Waals surface area contributed by atoms with E-state index >= 15 is 0 Å². The van der Waals surface area contributed by atoms with Crippen molar-refractivity contribution < 1.29 is 19.2 Å². The standard InChI is InChI=1S/C20H19N3O5S/c1-3-27-18(24)12-4-6-13(7-5-12)22-19(29)21-16-11-20(22,2)28-17-9-8-14(23(25)26)10-15(16)17/h4-10,16H,3,11H2,1-2H3,(H,21,29)/t16-,20-/m0/s1. The summed E-state index contributed by atoms with van der Waals surface area (Å²) in [7, 11) is 0. The zero-order valence-corrected chi connectivity index (χ0v) is 16.7. The van der Waals surface area contributed by atoms with Gasteiger partial charge in [-0.05, 0) is 56.4 Å². The Bertz CT molecular complexity index is 1010. The van der Waals surface area contributed by atoms with Crippen molar-refractivity contribution in [3.8, 4) is 5.75 Å². The predicted molar refractivity (Wildman–Crippen MR) is 110 cm³/mol. The number of benzene rings is 2. The highest BCUT2D eigenvalue weighted by Gasteiger charge is 2.48. The van der Waals surface area contributed by atoms with E-state index in [-0.39, 0.29) is 17.7 Å². The molecule has 2 aliphatic heterocycles. The minimum absolute atomic E-state index is 0.0145. The highest BCUT2D eigenvalue weighted by atomic mass is 32.1. The molecule has 2 aliphatic rings. The molecular formula is C20H19N3O5S. The number of carbonyl (C=O) groups is 1. The van der Waals surface area contributed by atoms with Gasteiger partial charge in [0, 0.05) is 29.8 Å². The zero-order valence-electron chi connectivity index (χ0n) is 15.9. The zero-order chi connectivity index (χ0) is 20.8. The second kappa shape index (κ2) is 7.00. The number of non-ortho nitro benzene ring substituents is 1. The first-order valence-electron chi connectivity index (χ1n) is 9.17. The molecule has 2 bridgehead atoms. The van der Waals surface area contributed by atoms with Crippen LogP contribution in [0, 0.1) is 10.1 Å². The Balaban J connectivity index is 1.67. The normalized spacial score (nSPS) is 22.2. The van der Waals surface area contributed by atoms with E-state index in [0.717, 1.165) is 11.3 Å². The minimum Gasteiger partial charge on any atom is -0.467 e. The molecule has 29 heavy (non-hydrogen) atoms. The van der Waals surface area contributed by atoms with Gasteiger partial charge in [0.2, 0.25) is 0 Å². The lowest BCUT2D eigenvalue weighted by Gasteiger charge is -2.52. The third kappa shape index (κ3) is 3.27. The maximum absolute atomic E-state index is 11.9. The Morgan fingerprint density at radius 2 is 2.10 bits per heavy atom. The summed E-state index contributed by atoms with van der Waals surface area (Å²) in [6.45, 7) is 4.00. The first kappa shape index (κ1) is 19.1. The molecule has 0 aromatic heterocycles. The van der Waals surface area contributed by atoms with Gasteiger partial charge in [-0.15, -0.1) is 0 Å². The predicted octanol–water partition coefficient (Wildman–Crippen LogP) is 3.71. The van der Waals surface area contributed by atoms with Gasteiger partial charge in [-0.1, -0.05) is 0 Å². The van der Waals surface area contributed by atoms with Crippen molar-refractivity contribution >= 4 is 34.7 Å². The molecule has 2 aromatic rings. The number of anilines is 1. The second-order valence-corrected chi connectivity index (χ2v) is 7.45. The van der Waals surface area contributed by atoms with Crippen molar-refractivity contribution in [2.75, 3.05) is 11.5 Å². The summed E-state index contributed by atoms with van der Waals surface area (Å²) in [5, 5.41) is 14.8. The Labute approximate surface area is 172 Å². The summed E-state index contributed by atoms with van der Waals surface area (Å²) in [6, 6.07) is 11.3. The van der Waals surface area contributed by atoms with Crippen LogP contribution in [0.25, 0.3) is 0 Å². The lowest BCUT2D eigenvalue weighted by atomic mass is 9.90. The summed E-state index contributed by atoms with van der Waals surface area (Å²) in [6.07, 6.45) is 0.543. The van der Waals surface area contributed by atoms with Crippen molar-refractivity contribution in [3.63, 3.8) is 0 Å². The third-order valence-electron chi connectivity index (χ3n) is 5.10. The molecule has 9 heteroatoms. The van der Waals surface area contributed by atoms with E-state index in [0.29, 0.717) is 29.5 Å². The molecule has 4 rings (SSSR count). The fourth-order valence-electron chi connectivity index (χ4n) is 3.83. The fourth-order valence-corrected chi connectivity index (χ4v) is 4.27. The summed E-state index contributed by atoms with van der Waals surface area (Å²) in [4.78, 5) is 24.5. The van der Waals surface area contributed by atoms with E-state index in [9.17, 15) is 14.9 Å². The van der Waals surface area contributed by atoms with Gasteiger partial charge in [-0.25, -0.2) is 4.79 Å². The molecular weight excluding hydrogens is 394 g/mol. The van der Waals surface area contributed by atoms with Gasteiger partial charge in [0.1, 0.15) is 5.75 Å². The number of nitro benzene ring substituents is 1. The van der Waals surface area contributed by atoms with Crippen LogP contribution in [0.1, 0.15) is 42.2 Å². The van der Waals surface area contributed by atoms with E-state index in [1.807, 2.05) is 11.8 Å². The van der Waals surface area contributed by atoms with Gasteiger partial charge >= 0.3 is 5.97 Å². The van der Waals surface area contributed by atoms with Crippen LogP contribution < -0.4 is 15.0 Å². The SMILES string of the molecule is CCOC(=O)c1ccc(N2C(=S)N[C@H]3C[C@]2(C)Oc2ccc([N+](=O)[O-])cc23)cc1. The van der Waals surface area contributed by atoms with Crippen molar-refractivity contribution in [3.05, 3.63) is 63.7 Å². The quantitative estimate of drug-likeness (QED) is 0.351. The summed E-state index contributed by atoms with van der Waals surface area (Å²) < 4.78 is 11.3. The van der Waals surface area contributed by atoms with Gasteiger partial charge in [0.05, 0.1) is 23.1 Å². The van der Waals surface area contributed by atoms with Gasteiger partial charge in [-0.2, -0.15) is 0 Å². The summed E-state index contributed by atoms with van der Waals surface area (Å²) >= 11 is 5.58. The highest BCUT2D eigenvalue weighted by molar-refractivity contribution is 7.80. The molecule has 8 nitrogen and oxygen atoms in total. The molecule has 0 amide bonds. The van der Waals surface area contributed by atoms with Crippen molar-refractivity contribution in [2.24, 2.45) is 0 Å². The first-order valence-corrected chi connectivity index (χ1v) is 9.58. The Kier molecular flexibility index (Phi) is 4.62. The molecule has 1 saturated heterocycles. The maximum Gasteiger partial charge on any atom is 0.338 e. The molecule has 0 saturated carbocycles. The fraction of sp³-hybridized carbons (Fsp3) is 0.300. The third-order valence-corrected chi connectivity index (χ3v) is 5.40. The number of ether oxygens (including phenoxy) is 2. The highest BCUT2D eigenvalue weighted by Crippen LogP contribution is 2.46. The van der Waals surface area contributed by atoms with E-state index in [1.54, 1.807) is 37.3 Å². The smallest absolute Gasteiger partial charge is 0.338 e. The van der Waals surface area contributed by atoms with Crippen molar-refractivity contribution in [1.29, 1.82) is 0 Å². The number of nitrogens with zero attached hydrogens (tertiary/aromatic N) is 2. The lowest BCUT2D eigenvalue weighted by molar-refractivity contribution is -0.385. The number of hydrogen-bond donors (Lipinski definition) is 1. The molecule has 1 N–H and O–H groups in total. The number of nitrogens with one attached hydrogen (secondary N) is 1. The molecule has 0 unspecified atom stereocenters. The minimum atomic E-state index is -0.776. The van der Waals surface area contributed by atoms with Crippen LogP contribution in [-0.2, 0) is 4.74 Å². The lowest BCUT2D eigenvalue weighted by Crippen LogP contribution is -2.65. The van der Waals surface area contributed by atoms with E-state index < -0.39 is 10.6 Å². The van der Waals surface area contributed by atoms with Crippen LogP contribution in [-0.4, -0.2) is 28.3 Å². The van der Waals surface area contributed by atoms with Crippen LogP contribution in [0.15, 0.2) is 42.5 Å². The van der Waals surface area contributed by atoms with Crippen LogP contribution in [0.4, 0.5) is 11.4 Å². The van der Waals surface area contributed by atoms with Gasteiger partial charge in [0.25, 0.3) is 5.69 Å². The molecule has 0 radical (unpaired) electrons. The monoisotopic (exact) mass is 413 g/mol. The van der Waals surface area contributed by atoms with E-state index in [4.69, 9.17) is 21.7 Å². The van der Waals surface area contributed by atoms with Crippen LogP contribution in [0.2, 0.25) is 0 Å². The average Bonchev–Trinajstić information content (AvgIpc) is 2.67. The largest absolute Gasteiger partial charge is 0.467 e. The van der Waals surface area contributed by atoms with E-state index in [2.05, 4.69) is 5.32 Å². The number of esters is 1. The Morgan fingerprint density at radius 1 is 1.38 bits per heavy atom.